The number of β-amino-alcohol motifs (C(OH)–C–C–N with tert-alkyl or cyclic N) is 1. The topological polar surface area (TPSA) is 94.1 Å². The predicted molar refractivity (Wildman–Crippen MR) is 133 cm³/mol. The average molecular weight is 473 g/mol. The van der Waals surface area contributed by atoms with E-state index in [9.17, 15) is 14.7 Å². The Balaban J connectivity index is 2.10. The molecular formula is C26H40N4O4. The third-order valence-electron chi connectivity index (χ3n) is 5.96. The molecule has 8 heteroatoms. The summed E-state index contributed by atoms with van der Waals surface area (Å²) in [5, 5.41) is 16.2. The van der Waals surface area contributed by atoms with Crippen LogP contribution >= 0.6 is 0 Å². The zero-order valence-corrected chi connectivity index (χ0v) is 21.4. The lowest BCUT2D eigenvalue weighted by atomic mass is 9.86. The molecule has 0 spiro atoms. The predicted octanol–water partition coefficient (Wildman–Crippen LogP) is 1.21. The fraction of sp³-hybridized carbons (Fsp3) is 0.615. The number of ether oxygens (including phenoxy) is 1. The van der Waals surface area contributed by atoms with E-state index in [0.29, 0.717) is 17.9 Å². The van der Waals surface area contributed by atoms with Crippen LogP contribution in [0.5, 0.6) is 5.75 Å². The van der Waals surface area contributed by atoms with Gasteiger partial charge in [-0.15, -0.1) is 6.42 Å². The number of terminal acetylenes is 1. The quantitative estimate of drug-likeness (QED) is 0.350. The second kappa shape index (κ2) is 12.2. The molecule has 0 radical (unpaired) electrons. The van der Waals surface area contributed by atoms with Crippen molar-refractivity contribution in [2.45, 2.75) is 58.3 Å². The molecule has 34 heavy (non-hydrogen) atoms. The van der Waals surface area contributed by atoms with Crippen LogP contribution in [0.25, 0.3) is 0 Å². The summed E-state index contributed by atoms with van der Waals surface area (Å²) >= 11 is 0. The molecule has 8 nitrogen and oxygen atoms in total. The maximum atomic E-state index is 13.2. The van der Waals surface area contributed by atoms with E-state index in [1.54, 1.807) is 13.1 Å². The van der Waals surface area contributed by atoms with Crippen molar-refractivity contribution in [1.29, 1.82) is 0 Å². The molecule has 0 saturated carbocycles. The van der Waals surface area contributed by atoms with E-state index in [1.165, 1.54) is 4.90 Å². The van der Waals surface area contributed by atoms with E-state index in [2.05, 4.69) is 21.5 Å². The van der Waals surface area contributed by atoms with Crippen molar-refractivity contribution < 1.29 is 19.4 Å². The monoisotopic (exact) mass is 472 g/mol. The minimum absolute atomic E-state index is 0.141. The average Bonchev–Trinajstić information content (AvgIpc) is 3.16. The largest absolute Gasteiger partial charge is 0.493 e. The molecule has 3 N–H and O–H groups in total. The molecule has 1 fully saturated rings. The highest BCUT2D eigenvalue weighted by atomic mass is 16.5. The van der Waals surface area contributed by atoms with Gasteiger partial charge in [0.05, 0.1) is 18.8 Å². The third-order valence-corrected chi connectivity index (χ3v) is 5.96. The van der Waals surface area contributed by atoms with Crippen molar-refractivity contribution >= 4 is 11.8 Å². The fourth-order valence-electron chi connectivity index (χ4n) is 4.19. The Bertz CT molecular complexity index is 888. The summed E-state index contributed by atoms with van der Waals surface area (Å²) in [6.07, 6.45) is 5.88. The molecule has 1 aromatic rings. The molecule has 0 bridgehead atoms. The molecular weight excluding hydrogens is 432 g/mol. The van der Waals surface area contributed by atoms with Gasteiger partial charge in [0.15, 0.2) is 0 Å². The number of aliphatic hydroxyl groups excluding tert-OH is 1. The van der Waals surface area contributed by atoms with E-state index < -0.39 is 18.2 Å². The zero-order valence-electron chi connectivity index (χ0n) is 21.4. The third kappa shape index (κ3) is 7.45. The number of aliphatic hydroxyl groups is 1. The van der Waals surface area contributed by atoms with E-state index in [-0.39, 0.29) is 36.7 Å². The van der Waals surface area contributed by atoms with Gasteiger partial charge in [0.1, 0.15) is 11.8 Å². The number of carbonyl (C=O) groups excluding carboxylic acids is 2. The van der Waals surface area contributed by atoms with Crippen LogP contribution in [0.15, 0.2) is 18.2 Å². The summed E-state index contributed by atoms with van der Waals surface area (Å²) in [7, 11) is 5.75. The van der Waals surface area contributed by atoms with Gasteiger partial charge in [-0.2, -0.15) is 0 Å². The highest BCUT2D eigenvalue weighted by molar-refractivity contribution is 5.91. The van der Waals surface area contributed by atoms with Gasteiger partial charge in [-0.1, -0.05) is 32.8 Å². The normalized spacial score (nSPS) is 19.1. The Morgan fingerprint density at radius 3 is 2.65 bits per heavy atom. The Morgan fingerprint density at radius 2 is 2.06 bits per heavy atom. The standard InChI is InChI=1S/C26H40N4O4/c1-8-18-10-11-19(22(14-18)34-13-9-12-29(6)7)16-28-24(32)21-15-20(31)17-30(21)25(33)23(27-5)26(2,3)4/h1,10-11,14,20-21,23,27,31H,9,12-13,15-17H2,2-7H3,(H,28,32)/t20-,21+,23-/m1/s1. The number of likely N-dealkylation sites (tertiary alicyclic amines) is 1. The summed E-state index contributed by atoms with van der Waals surface area (Å²) < 4.78 is 5.96. The minimum atomic E-state index is -0.734. The van der Waals surface area contributed by atoms with Crippen LogP contribution in [0.3, 0.4) is 0 Å². The molecule has 2 rings (SSSR count). The van der Waals surface area contributed by atoms with Gasteiger partial charge in [-0.05, 0) is 45.1 Å². The molecule has 1 aliphatic rings. The molecule has 1 heterocycles. The van der Waals surface area contributed by atoms with Gasteiger partial charge < -0.3 is 30.3 Å². The number of hydrogen-bond donors (Lipinski definition) is 3. The first kappa shape index (κ1) is 27.6. The molecule has 1 aromatic carbocycles. The van der Waals surface area contributed by atoms with Crippen molar-refractivity contribution in [2.24, 2.45) is 5.41 Å². The minimum Gasteiger partial charge on any atom is -0.493 e. The smallest absolute Gasteiger partial charge is 0.243 e. The Hall–Kier alpha value is -2.60. The molecule has 188 valence electrons. The van der Waals surface area contributed by atoms with E-state index in [4.69, 9.17) is 11.2 Å². The summed E-state index contributed by atoms with van der Waals surface area (Å²) in [5.41, 5.74) is 1.17. The second-order valence-corrected chi connectivity index (χ2v) is 10.2. The number of nitrogens with zero attached hydrogens (tertiary/aromatic N) is 2. The van der Waals surface area contributed by atoms with Crippen molar-refractivity contribution in [3.8, 4) is 18.1 Å². The van der Waals surface area contributed by atoms with Crippen LogP contribution in [-0.4, -0.2) is 85.7 Å². The van der Waals surface area contributed by atoms with Crippen LogP contribution in [-0.2, 0) is 16.1 Å². The van der Waals surface area contributed by atoms with Gasteiger partial charge in [0, 0.05) is 37.2 Å². The number of carbonyl (C=O) groups is 2. The number of amides is 2. The van der Waals surface area contributed by atoms with E-state index in [1.807, 2.05) is 47.0 Å². The first-order valence-corrected chi connectivity index (χ1v) is 11.8. The van der Waals surface area contributed by atoms with Gasteiger partial charge in [-0.3, -0.25) is 9.59 Å². The van der Waals surface area contributed by atoms with Gasteiger partial charge in [0.25, 0.3) is 0 Å². The molecule has 1 saturated heterocycles. The van der Waals surface area contributed by atoms with E-state index >= 15 is 0 Å². The van der Waals surface area contributed by atoms with Crippen LogP contribution in [0.4, 0.5) is 0 Å². The van der Waals surface area contributed by atoms with Crippen molar-refractivity contribution in [3.63, 3.8) is 0 Å². The number of likely N-dealkylation sites (N-methyl/N-ethyl adjacent to an activating group) is 1. The Kier molecular flexibility index (Phi) is 9.92. The maximum Gasteiger partial charge on any atom is 0.243 e. The van der Waals surface area contributed by atoms with Gasteiger partial charge in [0.2, 0.25) is 11.8 Å². The molecule has 0 unspecified atom stereocenters. The van der Waals surface area contributed by atoms with Crippen LogP contribution in [0.2, 0.25) is 0 Å². The Labute approximate surface area is 204 Å². The summed E-state index contributed by atoms with van der Waals surface area (Å²) in [4.78, 5) is 29.9. The number of hydrogen-bond acceptors (Lipinski definition) is 6. The summed E-state index contributed by atoms with van der Waals surface area (Å²) in [6, 6.07) is 4.26. The first-order valence-electron chi connectivity index (χ1n) is 11.8. The fourth-order valence-corrected chi connectivity index (χ4v) is 4.19. The van der Waals surface area contributed by atoms with Crippen LogP contribution < -0.4 is 15.4 Å². The van der Waals surface area contributed by atoms with E-state index in [0.717, 1.165) is 18.5 Å². The molecule has 3 atom stereocenters. The Morgan fingerprint density at radius 1 is 1.35 bits per heavy atom. The lowest BCUT2D eigenvalue weighted by Gasteiger charge is -2.34. The number of rotatable bonds is 10. The highest BCUT2D eigenvalue weighted by Gasteiger charge is 2.43. The molecule has 0 aliphatic carbocycles. The summed E-state index contributed by atoms with van der Waals surface area (Å²) in [5.74, 6) is 2.76. The number of benzene rings is 1. The first-order chi connectivity index (χ1) is 16.0. The SMILES string of the molecule is C#Cc1ccc(CNC(=O)[C@@H]2C[C@@H](O)CN2C(=O)[C@@H](NC)C(C)(C)C)c(OCCCN(C)C)c1. The van der Waals surface area contributed by atoms with Crippen LogP contribution in [0, 0.1) is 17.8 Å². The van der Waals surface area contributed by atoms with Gasteiger partial charge in [-0.25, -0.2) is 0 Å². The molecule has 2 amide bonds. The lowest BCUT2D eigenvalue weighted by molar-refractivity contribution is -0.142. The van der Waals surface area contributed by atoms with Crippen LogP contribution in [0.1, 0.15) is 44.7 Å². The van der Waals surface area contributed by atoms with Gasteiger partial charge >= 0.3 is 0 Å². The lowest BCUT2D eigenvalue weighted by Crippen LogP contribution is -2.55. The molecule has 0 aromatic heterocycles. The van der Waals surface area contributed by atoms with Crippen molar-refractivity contribution in [1.82, 2.24) is 20.4 Å². The van der Waals surface area contributed by atoms with Crippen molar-refractivity contribution in [2.75, 3.05) is 40.8 Å². The zero-order chi connectivity index (χ0) is 25.5. The summed E-state index contributed by atoms with van der Waals surface area (Å²) in [6.45, 7) is 7.70. The second-order valence-electron chi connectivity index (χ2n) is 10.2. The number of nitrogens with one attached hydrogen (secondary N) is 2. The highest BCUT2D eigenvalue weighted by Crippen LogP contribution is 2.26. The van der Waals surface area contributed by atoms with Crippen molar-refractivity contribution in [3.05, 3.63) is 29.3 Å². The molecule has 1 aliphatic heterocycles. The maximum absolute atomic E-state index is 13.2.